The first-order chi connectivity index (χ1) is 13.1. The molecule has 1 aliphatic heterocycles. The van der Waals surface area contributed by atoms with Gasteiger partial charge in [-0.1, -0.05) is 18.2 Å². The molecule has 1 aromatic heterocycles. The molecule has 2 aliphatic rings. The Kier molecular flexibility index (Phi) is 5.13. The van der Waals surface area contributed by atoms with E-state index in [-0.39, 0.29) is 30.3 Å². The highest BCUT2D eigenvalue weighted by Crippen LogP contribution is 2.28. The van der Waals surface area contributed by atoms with Crippen LogP contribution in [0, 0.1) is 5.92 Å². The number of benzene rings is 1. The molecule has 1 aromatic carbocycles. The van der Waals surface area contributed by atoms with Gasteiger partial charge in [0.05, 0.1) is 25.4 Å². The van der Waals surface area contributed by atoms with Gasteiger partial charge in [0.15, 0.2) is 0 Å². The van der Waals surface area contributed by atoms with Crippen LogP contribution >= 0.6 is 0 Å². The maximum absolute atomic E-state index is 12.6. The third-order valence-corrected chi connectivity index (χ3v) is 5.54. The van der Waals surface area contributed by atoms with E-state index in [9.17, 15) is 14.7 Å². The molecular weight excluding hydrogens is 346 g/mol. The summed E-state index contributed by atoms with van der Waals surface area (Å²) in [6.07, 6.45) is 2.08. The number of morpholine rings is 1. The van der Waals surface area contributed by atoms with Gasteiger partial charge in [-0.3, -0.25) is 9.59 Å². The number of rotatable bonds is 4. The predicted molar refractivity (Wildman–Crippen MR) is 100.0 cm³/mol. The Hall–Kier alpha value is -2.38. The van der Waals surface area contributed by atoms with Crippen LogP contribution in [0.15, 0.2) is 36.5 Å². The second-order valence-electron chi connectivity index (χ2n) is 7.35. The van der Waals surface area contributed by atoms with Gasteiger partial charge in [0.2, 0.25) is 11.8 Å². The van der Waals surface area contributed by atoms with Crippen LogP contribution in [-0.4, -0.2) is 64.8 Å². The van der Waals surface area contributed by atoms with E-state index in [1.807, 2.05) is 41.1 Å². The fourth-order valence-corrected chi connectivity index (χ4v) is 4.10. The molecule has 2 amide bonds. The number of aliphatic hydroxyl groups excluding tert-OH is 1. The van der Waals surface area contributed by atoms with Crippen molar-refractivity contribution >= 4 is 22.7 Å². The number of carbonyl (C=O) groups excluding carboxylic acids is 2. The molecule has 144 valence electrons. The summed E-state index contributed by atoms with van der Waals surface area (Å²) in [4.78, 5) is 26.9. The van der Waals surface area contributed by atoms with Crippen LogP contribution < -0.4 is 5.32 Å². The van der Waals surface area contributed by atoms with Crippen molar-refractivity contribution in [1.29, 1.82) is 0 Å². The third kappa shape index (κ3) is 3.84. The van der Waals surface area contributed by atoms with E-state index in [4.69, 9.17) is 4.74 Å². The Morgan fingerprint density at radius 1 is 1.15 bits per heavy atom. The number of para-hydroxylation sites is 1. The van der Waals surface area contributed by atoms with Gasteiger partial charge in [-0.05, 0) is 30.4 Å². The van der Waals surface area contributed by atoms with E-state index < -0.39 is 6.10 Å². The standard InChI is InChI=1S/C20H25N3O4/c24-18-12-15(20(26)22-7-9-27-10-8-22)11-16(18)21-19(25)13-23-6-5-14-3-1-2-4-17(14)23/h1-6,15-16,18,24H,7-13H2,(H,21,25)/t15-,16-,18-/m0/s1. The summed E-state index contributed by atoms with van der Waals surface area (Å²) >= 11 is 0. The lowest BCUT2D eigenvalue weighted by Gasteiger charge is -2.29. The minimum Gasteiger partial charge on any atom is -0.391 e. The molecule has 1 aliphatic carbocycles. The van der Waals surface area contributed by atoms with E-state index in [1.54, 1.807) is 4.90 Å². The average Bonchev–Trinajstić information content (AvgIpc) is 3.26. The summed E-state index contributed by atoms with van der Waals surface area (Å²) in [6.45, 7) is 2.52. The van der Waals surface area contributed by atoms with Gasteiger partial charge in [0.25, 0.3) is 0 Å². The number of aromatic nitrogens is 1. The van der Waals surface area contributed by atoms with E-state index in [1.165, 1.54) is 0 Å². The first kappa shape index (κ1) is 18.0. The van der Waals surface area contributed by atoms with Crippen molar-refractivity contribution in [3.63, 3.8) is 0 Å². The van der Waals surface area contributed by atoms with Crippen LogP contribution in [-0.2, 0) is 20.9 Å². The highest BCUT2D eigenvalue weighted by molar-refractivity contribution is 5.83. The Balaban J connectivity index is 1.35. The fourth-order valence-electron chi connectivity index (χ4n) is 4.10. The average molecular weight is 371 g/mol. The number of fused-ring (bicyclic) bond motifs is 1. The molecular formula is C20H25N3O4. The third-order valence-electron chi connectivity index (χ3n) is 5.54. The normalized spacial score (nSPS) is 25.7. The lowest BCUT2D eigenvalue weighted by atomic mass is 10.1. The molecule has 4 rings (SSSR count). The van der Waals surface area contributed by atoms with Crippen molar-refractivity contribution in [3.05, 3.63) is 36.5 Å². The predicted octanol–water partition coefficient (Wildman–Crippen LogP) is 0.756. The van der Waals surface area contributed by atoms with Gasteiger partial charge in [-0.2, -0.15) is 0 Å². The minimum absolute atomic E-state index is 0.0607. The van der Waals surface area contributed by atoms with Crippen LogP contribution in [0.3, 0.4) is 0 Å². The quantitative estimate of drug-likeness (QED) is 0.831. The summed E-state index contributed by atoms with van der Waals surface area (Å²) in [5.41, 5.74) is 1.000. The van der Waals surface area contributed by atoms with E-state index in [0.717, 1.165) is 10.9 Å². The lowest BCUT2D eigenvalue weighted by molar-refractivity contribution is -0.139. The highest BCUT2D eigenvalue weighted by atomic mass is 16.5. The molecule has 0 bridgehead atoms. The summed E-state index contributed by atoms with van der Waals surface area (Å²) in [7, 11) is 0. The lowest BCUT2D eigenvalue weighted by Crippen LogP contribution is -2.44. The molecule has 27 heavy (non-hydrogen) atoms. The van der Waals surface area contributed by atoms with E-state index in [0.29, 0.717) is 39.1 Å². The van der Waals surface area contributed by atoms with Gasteiger partial charge < -0.3 is 24.6 Å². The van der Waals surface area contributed by atoms with Crippen molar-refractivity contribution in [2.75, 3.05) is 26.3 Å². The number of carbonyl (C=O) groups is 2. The number of ether oxygens (including phenoxy) is 1. The van der Waals surface area contributed by atoms with Crippen molar-refractivity contribution in [2.24, 2.45) is 5.92 Å². The molecule has 0 unspecified atom stereocenters. The van der Waals surface area contributed by atoms with Gasteiger partial charge in [0, 0.05) is 30.7 Å². The Bertz CT molecular complexity index is 827. The molecule has 2 fully saturated rings. The second kappa shape index (κ2) is 7.70. The number of hydrogen-bond acceptors (Lipinski definition) is 4. The van der Waals surface area contributed by atoms with Crippen LogP contribution in [0.5, 0.6) is 0 Å². The van der Waals surface area contributed by atoms with Gasteiger partial charge in [-0.15, -0.1) is 0 Å². The second-order valence-corrected chi connectivity index (χ2v) is 7.35. The maximum atomic E-state index is 12.6. The molecule has 0 radical (unpaired) electrons. The van der Waals surface area contributed by atoms with Crippen molar-refractivity contribution in [2.45, 2.75) is 31.5 Å². The first-order valence-corrected chi connectivity index (χ1v) is 9.49. The Labute approximate surface area is 157 Å². The smallest absolute Gasteiger partial charge is 0.240 e. The maximum Gasteiger partial charge on any atom is 0.240 e. The molecule has 2 N–H and O–H groups in total. The van der Waals surface area contributed by atoms with Crippen LogP contribution in [0.4, 0.5) is 0 Å². The summed E-state index contributed by atoms with van der Waals surface area (Å²) in [6, 6.07) is 9.49. The number of aliphatic hydroxyl groups is 1. The van der Waals surface area contributed by atoms with Crippen molar-refractivity contribution in [1.82, 2.24) is 14.8 Å². The SMILES string of the molecule is O=C(Cn1ccc2ccccc21)N[C@H]1C[C@H](C(=O)N2CCOCC2)C[C@@H]1O. The molecule has 7 heteroatoms. The molecule has 1 saturated heterocycles. The van der Waals surface area contributed by atoms with E-state index in [2.05, 4.69) is 5.32 Å². The minimum atomic E-state index is -0.689. The number of amides is 2. The Morgan fingerprint density at radius 3 is 2.74 bits per heavy atom. The van der Waals surface area contributed by atoms with Crippen LogP contribution in [0.1, 0.15) is 12.8 Å². The first-order valence-electron chi connectivity index (χ1n) is 9.49. The molecule has 1 saturated carbocycles. The summed E-state index contributed by atoms with van der Waals surface area (Å²) < 4.78 is 7.18. The Morgan fingerprint density at radius 2 is 1.93 bits per heavy atom. The van der Waals surface area contributed by atoms with Crippen LogP contribution in [0.2, 0.25) is 0 Å². The largest absolute Gasteiger partial charge is 0.391 e. The monoisotopic (exact) mass is 371 g/mol. The molecule has 7 nitrogen and oxygen atoms in total. The zero-order chi connectivity index (χ0) is 18.8. The van der Waals surface area contributed by atoms with Gasteiger partial charge in [-0.25, -0.2) is 0 Å². The summed E-state index contributed by atoms with van der Waals surface area (Å²) in [5, 5.41) is 14.3. The number of hydrogen-bond donors (Lipinski definition) is 2. The molecule has 0 spiro atoms. The fraction of sp³-hybridized carbons (Fsp3) is 0.500. The van der Waals surface area contributed by atoms with Gasteiger partial charge >= 0.3 is 0 Å². The summed E-state index contributed by atoms with van der Waals surface area (Å²) in [5.74, 6) is -0.332. The topological polar surface area (TPSA) is 83.8 Å². The van der Waals surface area contributed by atoms with Crippen molar-refractivity contribution < 1.29 is 19.4 Å². The van der Waals surface area contributed by atoms with Gasteiger partial charge in [0.1, 0.15) is 6.54 Å². The number of nitrogens with zero attached hydrogens (tertiary/aromatic N) is 2. The van der Waals surface area contributed by atoms with E-state index >= 15 is 0 Å². The zero-order valence-electron chi connectivity index (χ0n) is 15.2. The molecule has 2 heterocycles. The molecule has 2 aromatic rings. The number of nitrogens with one attached hydrogen (secondary N) is 1. The van der Waals surface area contributed by atoms with Crippen molar-refractivity contribution in [3.8, 4) is 0 Å². The van der Waals surface area contributed by atoms with Crippen LogP contribution in [0.25, 0.3) is 10.9 Å². The highest BCUT2D eigenvalue weighted by Gasteiger charge is 2.39. The molecule has 3 atom stereocenters. The zero-order valence-corrected chi connectivity index (χ0v) is 15.2.